The van der Waals surface area contributed by atoms with Gasteiger partial charge in [-0.25, -0.2) is 4.39 Å². The number of hydrogen-bond acceptors (Lipinski definition) is 5. The highest BCUT2D eigenvalue weighted by Crippen LogP contribution is 2.37. The Bertz CT molecular complexity index is 1320. The van der Waals surface area contributed by atoms with Crippen molar-refractivity contribution in [2.45, 2.75) is 65.0 Å². The van der Waals surface area contributed by atoms with Crippen molar-refractivity contribution >= 4 is 11.6 Å². The number of aromatic nitrogens is 1. The predicted molar refractivity (Wildman–Crippen MR) is 142 cm³/mol. The highest BCUT2D eigenvalue weighted by atomic mass is 19.1. The first-order valence-electron chi connectivity index (χ1n) is 13.1. The van der Waals surface area contributed by atoms with E-state index in [-0.39, 0.29) is 29.6 Å². The molecular weight excluding hydrogens is 467 g/mol. The summed E-state index contributed by atoms with van der Waals surface area (Å²) in [6.07, 6.45) is 1.58. The maximum atomic E-state index is 14.3. The number of hydrogen-bond donors (Lipinski definition) is 1. The minimum Gasteiger partial charge on any atom is -0.360 e. The summed E-state index contributed by atoms with van der Waals surface area (Å²) in [5, 5.41) is 8.79. The van der Waals surface area contributed by atoms with E-state index in [0.29, 0.717) is 30.2 Å². The van der Waals surface area contributed by atoms with Gasteiger partial charge in [0.05, 0.1) is 23.0 Å². The van der Waals surface area contributed by atoms with Crippen LogP contribution in [0.5, 0.6) is 0 Å². The number of likely N-dealkylation sites (tertiary alicyclic amines) is 1. The number of nitrogens with zero attached hydrogens (tertiary/aromatic N) is 3. The molecule has 4 atom stereocenters. The van der Waals surface area contributed by atoms with E-state index in [0.717, 1.165) is 29.0 Å². The monoisotopic (exact) mass is 502 g/mol. The number of carbonyl (C=O) groups excluding carboxylic acids is 1. The predicted octanol–water partition coefficient (Wildman–Crippen LogP) is 6.03. The van der Waals surface area contributed by atoms with Gasteiger partial charge in [0.2, 0.25) is 5.91 Å². The van der Waals surface area contributed by atoms with Crippen molar-refractivity contribution < 1.29 is 13.7 Å². The summed E-state index contributed by atoms with van der Waals surface area (Å²) >= 11 is 0. The molecule has 1 saturated heterocycles. The minimum atomic E-state index is -0.400. The van der Waals surface area contributed by atoms with Gasteiger partial charge in [0.25, 0.3) is 0 Å². The molecule has 2 unspecified atom stereocenters. The lowest BCUT2D eigenvalue weighted by Gasteiger charge is -2.30. The van der Waals surface area contributed by atoms with Crippen LogP contribution in [0.1, 0.15) is 63.5 Å². The van der Waals surface area contributed by atoms with Crippen LogP contribution in [-0.2, 0) is 10.3 Å². The molecule has 7 heteroatoms. The quantitative estimate of drug-likeness (QED) is 0.447. The summed E-state index contributed by atoms with van der Waals surface area (Å²) in [6.45, 7) is 11.0. The van der Waals surface area contributed by atoms with E-state index in [9.17, 15) is 9.18 Å². The van der Waals surface area contributed by atoms with Gasteiger partial charge in [0.1, 0.15) is 17.5 Å². The van der Waals surface area contributed by atoms with Crippen molar-refractivity contribution in [3.8, 4) is 11.1 Å². The molecule has 1 N–H and O–H groups in total. The molecule has 2 aliphatic rings. The summed E-state index contributed by atoms with van der Waals surface area (Å²) in [7, 11) is 0. The molecule has 0 spiro atoms. The molecule has 194 valence electrons. The number of benzene rings is 2. The number of amides is 1. The topological polar surface area (TPSA) is 70.7 Å². The number of carbonyl (C=O) groups is 1. The Morgan fingerprint density at radius 3 is 2.57 bits per heavy atom. The molecule has 0 radical (unpaired) electrons. The average Bonchev–Trinajstić information content (AvgIpc) is 3.58. The molecule has 0 saturated carbocycles. The fourth-order valence-electron chi connectivity index (χ4n) is 5.76. The first kappa shape index (κ1) is 25.2. The Morgan fingerprint density at radius 2 is 1.92 bits per heavy atom. The van der Waals surface area contributed by atoms with E-state index < -0.39 is 5.54 Å². The van der Waals surface area contributed by atoms with Crippen LogP contribution in [0.3, 0.4) is 0 Å². The van der Waals surface area contributed by atoms with Crippen LogP contribution in [0.4, 0.5) is 4.39 Å². The van der Waals surface area contributed by atoms with E-state index in [1.165, 1.54) is 6.07 Å². The van der Waals surface area contributed by atoms with Crippen LogP contribution in [0.2, 0.25) is 0 Å². The van der Waals surface area contributed by atoms with Gasteiger partial charge >= 0.3 is 0 Å². The molecule has 2 aliphatic heterocycles. The minimum absolute atomic E-state index is 0.0558. The zero-order valence-corrected chi connectivity index (χ0v) is 22.2. The Balaban J connectivity index is 1.35. The molecule has 1 fully saturated rings. The number of nitrogens with one attached hydrogen (secondary N) is 1. The Hall–Kier alpha value is -3.48. The molecule has 1 aromatic heterocycles. The standard InChI is InChI=1S/C30H35FN4O2/c1-18(2)28(27-15-20(4)33-37-27)29(36)35-17-19(3)14-26(35)25-16-30(5,34-32-25)22-12-10-21(11-13-22)23-8-6-7-9-24(23)31/h6-13,15,18-19,26,28,34H,14,16-17H2,1-5H3/t19-,26+,28?,30?/m1/s1. The van der Waals surface area contributed by atoms with Crippen molar-refractivity contribution in [1.29, 1.82) is 0 Å². The van der Waals surface area contributed by atoms with Gasteiger partial charge < -0.3 is 9.42 Å². The lowest BCUT2D eigenvalue weighted by molar-refractivity contribution is -0.134. The van der Waals surface area contributed by atoms with Crippen LogP contribution >= 0.6 is 0 Å². The average molecular weight is 503 g/mol. The summed E-state index contributed by atoms with van der Waals surface area (Å²) in [5.74, 6) is 0.562. The molecule has 2 aromatic carbocycles. The van der Waals surface area contributed by atoms with Crippen LogP contribution in [0, 0.1) is 24.6 Å². The summed E-state index contributed by atoms with van der Waals surface area (Å²) in [4.78, 5) is 15.9. The Labute approximate surface area is 217 Å². The highest BCUT2D eigenvalue weighted by molar-refractivity contribution is 5.96. The lowest BCUT2D eigenvalue weighted by atomic mass is 9.85. The van der Waals surface area contributed by atoms with Crippen molar-refractivity contribution in [3.05, 3.63) is 77.4 Å². The molecule has 6 nitrogen and oxygen atoms in total. The highest BCUT2D eigenvalue weighted by Gasteiger charge is 2.45. The summed E-state index contributed by atoms with van der Waals surface area (Å²) < 4.78 is 19.8. The van der Waals surface area contributed by atoms with Gasteiger partial charge in [-0.05, 0) is 49.3 Å². The molecule has 3 heterocycles. The van der Waals surface area contributed by atoms with E-state index >= 15 is 0 Å². The SMILES string of the molecule is Cc1cc(C(C(=O)N2C[C@H](C)C[C@H]2C2=NNC(C)(c3ccc(-c4ccccc4F)cc3)C2)C(C)C)on1. The number of aryl methyl sites for hydroxylation is 1. The van der Waals surface area contributed by atoms with E-state index in [1.54, 1.807) is 12.1 Å². The van der Waals surface area contributed by atoms with Crippen molar-refractivity contribution in [3.63, 3.8) is 0 Å². The first-order chi connectivity index (χ1) is 17.7. The van der Waals surface area contributed by atoms with Crippen LogP contribution in [0.15, 0.2) is 64.2 Å². The van der Waals surface area contributed by atoms with Gasteiger partial charge in [-0.1, -0.05) is 68.4 Å². The zero-order chi connectivity index (χ0) is 26.3. The third-order valence-corrected chi connectivity index (χ3v) is 7.75. The third-order valence-electron chi connectivity index (χ3n) is 7.75. The number of halogens is 1. The molecule has 3 aromatic rings. The largest absolute Gasteiger partial charge is 0.360 e. The van der Waals surface area contributed by atoms with Crippen LogP contribution < -0.4 is 5.43 Å². The zero-order valence-electron chi connectivity index (χ0n) is 22.2. The Morgan fingerprint density at radius 1 is 1.19 bits per heavy atom. The third kappa shape index (κ3) is 4.79. The molecule has 1 amide bonds. The second kappa shape index (κ2) is 9.77. The normalized spacial score (nSPS) is 24.3. The number of hydrazone groups is 1. The molecule has 0 bridgehead atoms. The maximum Gasteiger partial charge on any atom is 0.234 e. The van der Waals surface area contributed by atoms with E-state index in [4.69, 9.17) is 9.62 Å². The van der Waals surface area contributed by atoms with E-state index in [2.05, 4.69) is 24.4 Å². The molecular formula is C30H35FN4O2. The van der Waals surface area contributed by atoms with Crippen LogP contribution in [-0.4, -0.2) is 34.3 Å². The lowest BCUT2D eigenvalue weighted by Crippen LogP contribution is -2.44. The first-order valence-corrected chi connectivity index (χ1v) is 13.1. The molecule has 0 aliphatic carbocycles. The molecule has 5 rings (SSSR count). The number of rotatable bonds is 6. The van der Waals surface area contributed by atoms with Gasteiger partial charge in [-0.3, -0.25) is 10.2 Å². The second-order valence-corrected chi connectivity index (χ2v) is 11.2. The van der Waals surface area contributed by atoms with Gasteiger partial charge in [-0.2, -0.15) is 5.10 Å². The van der Waals surface area contributed by atoms with Gasteiger partial charge in [0, 0.05) is 24.6 Å². The van der Waals surface area contributed by atoms with Crippen molar-refractivity contribution in [1.82, 2.24) is 15.5 Å². The van der Waals surface area contributed by atoms with E-state index in [1.807, 2.05) is 62.1 Å². The summed E-state index contributed by atoms with van der Waals surface area (Å²) in [5.41, 5.74) is 7.24. The van der Waals surface area contributed by atoms with Crippen molar-refractivity contribution in [2.24, 2.45) is 16.9 Å². The fraction of sp³-hybridized carbons (Fsp3) is 0.433. The fourth-order valence-corrected chi connectivity index (χ4v) is 5.76. The van der Waals surface area contributed by atoms with Gasteiger partial charge in [0.15, 0.2) is 0 Å². The molecule has 37 heavy (non-hydrogen) atoms. The Kier molecular flexibility index (Phi) is 6.65. The van der Waals surface area contributed by atoms with Crippen molar-refractivity contribution in [2.75, 3.05) is 6.54 Å². The van der Waals surface area contributed by atoms with Crippen LogP contribution in [0.25, 0.3) is 11.1 Å². The smallest absolute Gasteiger partial charge is 0.234 e. The second-order valence-electron chi connectivity index (χ2n) is 11.2. The summed E-state index contributed by atoms with van der Waals surface area (Å²) in [6, 6.07) is 16.6. The van der Waals surface area contributed by atoms with Gasteiger partial charge in [-0.15, -0.1) is 0 Å². The maximum absolute atomic E-state index is 14.3.